The van der Waals surface area contributed by atoms with Gasteiger partial charge in [-0.15, -0.1) is 0 Å². The summed E-state index contributed by atoms with van der Waals surface area (Å²) >= 11 is 0. The molecule has 2 aromatic rings. The van der Waals surface area contributed by atoms with E-state index < -0.39 is 29.7 Å². The second-order valence-corrected chi connectivity index (χ2v) is 5.59. The Hall–Kier alpha value is -2.45. The number of primary amides is 1. The van der Waals surface area contributed by atoms with Gasteiger partial charge < -0.3 is 10.3 Å². The minimum absolute atomic E-state index is 0.0205. The number of carbonyl (C=O) groups excluding carboxylic acids is 1. The number of hydrogen-bond donors (Lipinski definition) is 1. The van der Waals surface area contributed by atoms with Gasteiger partial charge in [-0.2, -0.15) is 18.2 Å². The number of benzene rings is 1. The fourth-order valence-electron chi connectivity index (χ4n) is 2.49. The van der Waals surface area contributed by atoms with Gasteiger partial charge in [0.2, 0.25) is 5.91 Å². The molecule has 0 aliphatic heterocycles. The first kappa shape index (κ1) is 18.9. The molecule has 1 heterocycles. The van der Waals surface area contributed by atoms with Crippen LogP contribution in [0.15, 0.2) is 28.8 Å². The van der Waals surface area contributed by atoms with E-state index in [1.165, 1.54) is 18.2 Å². The van der Waals surface area contributed by atoms with Crippen LogP contribution >= 0.6 is 0 Å². The highest BCUT2D eigenvalue weighted by atomic mass is 19.4. The molecule has 9 heteroatoms. The van der Waals surface area contributed by atoms with Crippen molar-refractivity contribution in [3.05, 3.63) is 47.4 Å². The summed E-state index contributed by atoms with van der Waals surface area (Å²) in [6.07, 6.45) is -2.39. The van der Waals surface area contributed by atoms with E-state index in [-0.39, 0.29) is 17.8 Å². The van der Waals surface area contributed by atoms with Crippen molar-refractivity contribution >= 4 is 5.91 Å². The van der Waals surface area contributed by atoms with E-state index in [0.717, 1.165) is 0 Å². The fourth-order valence-corrected chi connectivity index (χ4v) is 2.49. The molecule has 0 saturated carbocycles. The van der Waals surface area contributed by atoms with E-state index in [1.54, 1.807) is 6.07 Å². The third-order valence-electron chi connectivity index (χ3n) is 3.73. The van der Waals surface area contributed by atoms with E-state index in [2.05, 4.69) is 14.7 Å². The number of halogens is 4. The summed E-state index contributed by atoms with van der Waals surface area (Å²) in [7, 11) is 0. The summed E-state index contributed by atoms with van der Waals surface area (Å²) in [6, 6.07) is 5.93. The van der Waals surface area contributed by atoms with Crippen molar-refractivity contribution in [2.75, 3.05) is 0 Å². The highest BCUT2D eigenvalue weighted by molar-refractivity contribution is 5.81. The Kier molecular flexibility index (Phi) is 6.11. The normalized spacial score (nSPS) is 13.0. The first-order chi connectivity index (χ1) is 11.8. The van der Waals surface area contributed by atoms with Crippen molar-refractivity contribution in [3.63, 3.8) is 0 Å². The Morgan fingerprint density at radius 2 is 1.92 bits per heavy atom. The molecule has 2 N–H and O–H groups in total. The Labute approximate surface area is 141 Å². The summed E-state index contributed by atoms with van der Waals surface area (Å²) in [5.41, 5.74) is 5.60. The molecule has 1 atom stereocenters. The fraction of sp³-hybridized carbons (Fsp3) is 0.438. The lowest BCUT2D eigenvalue weighted by atomic mass is 9.92. The van der Waals surface area contributed by atoms with Crippen LogP contribution in [0, 0.1) is 5.82 Å². The van der Waals surface area contributed by atoms with Crippen LogP contribution in [0.25, 0.3) is 0 Å². The largest absolute Gasteiger partial charge is 0.471 e. The third kappa shape index (κ3) is 5.27. The van der Waals surface area contributed by atoms with Crippen LogP contribution in [-0.2, 0) is 17.4 Å². The molecule has 0 fully saturated rings. The van der Waals surface area contributed by atoms with Crippen LogP contribution in [0.2, 0.25) is 0 Å². The molecule has 25 heavy (non-hydrogen) atoms. The molecular weight excluding hydrogens is 342 g/mol. The molecule has 0 saturated heterocycles. The van der Waals surface area contributed by atoms with Gasteiger partial charge in [0.05, 0.1) is 5.92 Å². The minimum atomic E-state index is -4.65. The molecule has 1 amide bonds. The number of rotatable bonds is 8. The van der Waals surface area contributed by atoms with Crippen LogP contribution in [0.3, 0.4) is 0 Å². The second kappa shape index (κ2) is 8.09. The Balaban J connectivity index is 1.80. The number of hydrogen-bond acceptors (Lipinski definition) is 4. The molecule has 136 valence electrons. The van der Waals surface area contributed by atoms with E-state index in [9.17, 15) is 22.4 Å². The van der Waals surface area contributed by atoms with Gasteiger partial charge in [0, 0.05) is 12.0 Å². The van der Waals surface area contributed by atoms with Gasteiger partial charge in [0.15, 0.2) is 5.82 Å². The van der Waals surface area contributed by atoms with E-state index >= 15 is 0 Å². The average molecular weight is 359 g/mol. The number of nitrogens with zero attached hydrogens (tertiary/aromatic N) is 2. The number of amides is 1. The quantitative estimate of drug-likeness (QED) is 0.577. The zero-order valence-electron chi connectivity index (χ0n) is 13.2. The van der Waals surface area contributed by atoms with Gasteiger partial charge in [0.25, 0.3) is 0 Å². The molecule has 0 aliphatic carbocycles. The zero-order valence-corrected chi connectivity index (χ0v) is 13.2. The minimum Gasteiger partial charge on any atom is -0.369 e. The molecule has 1 aromatic carbocycles. The Bertz CT molecular complexity index is 715. The van der Waals surface area contributed by atoms with E-state index in [0.29, 0.717) is 25.7 Å². The standard InChI is InChI=1S/C16H17F4N3O2/c17-12-8-5-4-6-10(12)11(14(21)24)7-2-1-3-9-13-22-15(25-23-13)16(18,19)20/h4-6,8,11H,1-3,7,9H2,(H2,21,24). The molecule has 0 radical (unpaired) electrons. The summed E-state index contributed by atoms with van der Waals surface area (Å²) < 4.78 is 54.9. The number of alkyl halides is 3. The SMILES string of the molecule is NC(=O)C(CCCCCc1noc(C(F)(F)F)n1)c1ccccc1F. The predicted octanol–water partition coefficient (Wildman–Crippen LogP) is 3.60. The highest BCUT2D eigenvalue weighted by Gasteiger charge is 2.38. The Morgan fingerprint density at radius 3 is 2.52 bits per heavy atom. The summed E-state index contributed by atoms with van der Waals surface area (Å²) in [5, 5.41) is 3.27. The maximum absolute atomic E-state index is 13.8. The Morgan fingerprint density at radius 1 is 1.20 bits per heavy atom. The van der Waals surface area contributed by atoms with Crippen molar-refractivity contribution in [3.8, 4) is 0 Å². The summed E-state index contributed by atoms with van der Waals surface area (Å²) in [4.78, 5) is 14.8. The van der Waals surface area contributed by atoms with Gasteiger partial charge in [-0.3, -0.25) is 4.79 Å². The van der Waals surface area contributed by atoms with Gasteiger partial charge in [-0.05, 0) is 18.9 Å². The summed E-state index contributed by atoms with van der Waals surface area (Å²) in [5.74, 6) is -3.22. The number of nitrogens with two attached hydrogens (primary N) is 1. The van der Waals surface area contributed by atoms with Crippen molar-refractivity contribution in [1.82, 2.24) is 10.1 Å². The van der Waals surface area contributed by atoms with Crippen LogP contribution in [0.5, 0.6) is 0 Å². The van der Waals surface area contributed by atoms with E-state index in [4.69, 9.17) is 5.73 Å². The summed E-state index contributed by atoms with van der Waals surface area (Å²) in [6.45, 7) is 0. The van der Waals surface area contributed by atoms with Gasteiger partial charge in [0.1, 0.15) is 5.82 Å². The maximum Gasteiger partial charge on any atom is 0.471 e. The van der Waals surface area contributed by atoms with Crippen molar-refractivity contribution in [1.29, 1.82) is 0 Å². The van der Waals surface area contributed by atoms with Crippen LogP contribution in [-0.4, -0.2) is 16.0 Å². The molecule has 0 aliphatic rings. The monoisotopic (exact) mass is 359 g/mol. The van der Waals surface area contributed by atoms with Crippen LogP contribution in [0.1, 0.15) is 48.9 Å². The predicted molar refractivity (Wildman–Crippen MR) is 79.8 cm³/mol. The number of aryl methyl sites for hydroxylation is 1. The number of unbranched alkanes of at least 4 members (excludes halogenated alkanes) is 2. The zero-order chi connectivity index (χ0) is 18.4. The lowest BCUT2D eigenvalue weighted by molar-refractivity contribution is -0.159. The average Bonchev–Trinajstić information content (AvgIpc) is 3.01. The molecule has 2 rings (SSSR count). The first-order valence-corrected chi connectivity index (χ1v) is 7.72. The third-order valence-corrected chi connectivity index (χ3v) is 3.73. The van der Waals surface area contributed by atoms with E-state index in [1.807, 2.05) is 0 Å². The first-order valence-electron chi connectivity index (χ1n) is 7.72. The molecule has 5 nitrogen and oxygen atoms in total. The molecule has 0 bridgehead atoms. The van der Waals surface area contributed by atoms with Gasteiger partial charge in [-0.1, -0.05) is 36.2 Å². The maximum atomic E-state index is 13.8. The molecule has 0 spiro atoms. The topological polar surface area (TPSA) is 82.0 Å². The lowest BCUT2D eigenvalue weighted by Crippen LogP contribution is -2.22. The van der Waals surface area contributed by atoms with Gasteiger partial charge >= 0.3 is 12.1 Å². The number of carbonyl (C=O) groups is 1. The lowest BCUT2D eigenvalue weighted by Gasteiger charge is -2.14. The van der Waals surface area contributed by atoms with Gasteiger partial charge in [-0.25, -0.2) is 4.39 Å². The highest BCUT2D eigenvalue weighted by Crippen LogP contribution is 2.28. The molecule has 1 unspecified atom stereocenters. The second-order valence-electron chi connectivity index (χ2n) is 5.59. The van der Waals surface area contributed by atoms with Crippen LogP contribution in [0.4, 0.5) is 17.6 Å². The van der Waals surface area contributed by atoms with Crippen molar-refractivity contribution < 1.29 is 26.9 Å². The van der Waals surface area contributed by atoms with Crippen molar-refractivity contribution in [2.45, 2.75) is 44.2 Å². The smallest absolute Gasteiger partial charge is 0.369 e. The number of aromatic nitrogens is 2. The van der Waals surface area contributed by atoms with Crippen molar-refractivity contribution in [2.24, 2.45) is 5.73 Å². The molecule has 1 aromatic heterocycles. The molecular formula is C16H17F4N3O2. The van der Waals surface area contributed by atoms with Crippen LogP contribution < -0.4 is 5.73 Å².